The maximum Gasteiger partial charge on any atom is 0.198 e. The first-order chi connectivity index (χ1) is 13.2. The molecule has 2 aromatic carbocycles. The lowest BCUT2D eigenvalue weighted by Gasteiger charge is -2.30. The van der Waals surface area contributed by atoms with Gasteiger partial charge in [0.25, 0.3) is 0 Å². The third-order valence-electron chi connectivity index (χ3n) is 4.40. The Kier molecular flexibility index (Phi) is 5.23. The predicted octanol–water partition coefficient (Wildman–Crippen LogP) is 4.00. The number of phenolic OH excluding ortho intramolecular Hbond substituents is 1. The lowest BCUT2D eigenvalue weighted by Crippen LogP contribution is -2.34. The van der Waals surface area contributed by atoms with Crippen molar-refractivity contribution in [3.8, 4) is 23.0 Å². The first-order valence-corrected chi connectivity index (χ1v) is 8.98. The summed E-state index contributed by atoms with van der Waals surface area (Å²) in [5, 5.41) is 13.8. The van der Waals surface area contributed by atoms with E-state index in [1.807, 2.05) is 20.8 Å². The topological polar surface area (TPSA) is 77.0 Å². The van der Waals surface area contributed by atoms with E-state index in [4.69, 9.17) is 14.2 Å². The normalized spacial score (nSPS) is 17.7. The number of hydrogen-bond acceptors (Lipinski definition) is 6. The van der Waals surface area contributed by atoms with Gasteiger partial charge in [0.1, 0.15) is 11.5 Å². The van der Waals surface area contributed by atoms with Crippen LogP contribution in [0.2, 0.25) is 0 Å². The lowest BCUT2D eigenvalue weighted by atomic mass is 9.90. The number of benzene rings is 2. The highest BCUT2D eigenvalue weighted by Crippen LogP contribution is 2.44. The zero-order valence-corrected chi connectivity index (χ0v) is 16.7. The summed E-state index contributed by atoms with van der Waals surface area (Å²) in [5.41, 5.74) is 1.06. The number of carbonyl (C=O) groups excluding carboxylic acids is 1. The van der Waals surface area contributed by atoms with E-state index >= 15 is 0 Å². The second-order valence-corrected chi connectivity index (χ2v) is 7.58. The summed E-state index contributed by atoms with van der Waals surface area (Å²) < 4.78 is 16.7. The molecule has 1 aliphatic rings. The van der Waals surface area contributed by atoms with Crippen molar-refractivity contribution in [2.75, 3.05) is 14.2 Å². The SMILES string of the molecule is COc1cc(O)c(C2Oc3ccccc3C(=O)/C2=C\NC(C)(C)C)cc1OC. The summed E-state index contributed by atoms with van der Waals surface area (Å²) in [6.07, 6.45) is 0.871. The van der Waals surface area contributed by atoms with E-state index in [-0.39, 0.29) is 17.1 Å². The minimum absolute atomic E-state index is 0.0449. The molecule has 1 heterocycles. The number of fused-ring (bicyclic) bond motifs is 1. The lowest BCUT2D eigenvalue weighted by molar-refractivity contribution is 0.0958. The van der Waals surface area contributed by atoms with Gasteiger partial charge in [-0.1, -0.05) is 12.1 Å². The number of para-hydroxylation sites is 1. The van der Waals surface area contributed by atoms with E-state index in [9.17, 15) is 9.90 Å². The number of Topliss-reactive ketones (excluding diaryl/α,β-unsaturated/α-hetero) is 1. The second-order valence-electron chi connectivity index (χ2n) is 7.58. The molecule has 0 aliphatic carbocycles. The molecular formula is C22H25NO5. The van der Waals surface area contributed by atoms with Crippen molar-refractivity contribution in [1.29, 1.82) is 0 Å². The molecule has 2 N–H and O–H groups in total. The Bertz CT molecular complexity index is 927. The largest absolute Gasteiger partial charge is 0.507 e. The van der Waals surface area contributed by atoms with Crippen molar-refractivity contribution in [3.05, 3.63) is 59.3 Å². The van der Waals surface area contributed by atoms with Crippen molar-refractivity contribution in [2.45, 2.75) is 32.4 Å². The highest BCUT2D eigenvalue weighted by atomic mass is 16.5. The van der Waals surface area contributed by atoms with Gasteiger partial charge in [0.2, 0.25) is 0 Å². The van der Waals surface area contributed by atoms with Crippen LogP contribution in [0, 0.1) is 0 Å². The van der Waals surface area contributed by atoms with Crippen LogP contribution >= 0.6 is 0 Å². The van der Waals surface area contributed by atoms with Crippen LogP contribution in [-0.4, -0.2) is 30.6 Å². The molecule has 0 radical (unpaired) electrons. The molecule has 2 aromatic rings. The van der Waals surface area contributed by atoms with Crippen molar-refractivity contribution < 1.29 is 24.1 Å². The van der Waals surface area contributed by atoms with Gasteiger partial charge in [0.15, 0.2) is 23.4 Å². The number of ketones is 1. The Balaban J connectivity index is 2.15. The number of rotatable bonds is 4. The van der Waals surface area contributed by atoms with Crippen LogP contribution < -0.4 is 19.5 Å². The van der Waals surface area contributed by atoms with E-state index in [1.165, 1.54) is 20.3 Å². The van der Waals surface area contributed by atoms with Gasteiger partial charge in [0.05, 0.1) is 25.4 Å². The highest BCUT2D eigenvalue weighted by Gasteiger charge is 2.35. The Hall–Kier alpha value is -3.15. The van der Waals surface area contributed by atoms with Crippen LogP contribution in [0.1, 0.15) is 42.8 Å². The third kappa shape index (κ3) is 3.76. The minimum Gasteiger partial charge on any atom is -0.507 e. The summed E-state index contributed by atoms with van der Waals surface area (Å²) in [5.74, 6) is 1.10. The summed E-state index contributed by atoms with van der Waals surface area (Å²) in [6, 6.07) is 10.2. The Morgan fingerprint density at radius 3 is 2.39 bits per heavy atom. The first kappa shape index (κ1) is 19.6. The van der Waals surface area contributed by atoms with E-state index in [2.05, 4.69) is 5.32 Å². The average molecular weight is 383 g/mol. The number of aromatic hydroxyl groups is 1. The summed E-state index contributed by atoms with van der Waals surface area (Å²) in [6.45, 7) is 5.99. The standard InChI is InChI=1S/C22H25NO5/c1-22(2,3)23-12-15-20(25)13-8-6-7-9-17(13)28-21(15)14-10-18(26-4)19(27-5)11-16(14)24/h6-12,21,23-24H,1-5H3/b15-12+. The van der Waals surface area contributed by atoms with E-state index in [1.54, 1.807) is 36.5 Å². The smallest absolute Gasteiger partial charge is 0.198 e. The van der Waals surface area contributed by atoms with Crippen molar-refractivity contribution >= 4 is 5.78 Å². The average Bonchev–Trinajstić information content (AvgIpc) is 2.66. The Morgan fingerprint density at radius 1 is 1.11 bits per heavy atom. The van der Waals surface area contributed by atoms with Gasteiger partial charge >= 0.3 is 0 Å². The molecule has 6 heteroatoms. The molecule has 148 valence electrons. The van der Waals surface area contributed by atoms with Crippen LogP contribution in [0.4, 0.5) is 0 Å². The predicted molar refractivity (Wildman–Crippen MR) is 106 cm³/mol. The third-order valence-corrected chi connectivity index (χ3v) is 4.40. The van der Waals surface area contributed by atoms with Gasteiger partial charge in [-0.15, -0.1) is 0 Å². The second kappa shape index (κ2) is 7.46. The van der Waals surface area contributed by atoms with Crippen molar-refractivity contribution in [3.63, 3.8) is 0 Å². The monoisotopic (exact) mass is 383 g/mol. The van der Waals surface area contributed by atoms with Gasteiger partial charge in [-0.2, -0.15) is 0 Å². The molecule has 0 saturated carbocycles. The molecule has 0 saturated heterocycles. The highest BCUT2D eigenvalue weighted by molar-refractivity contribution is 6.12. The molecule has 1 atom stereocenters. The fourth-order valence-electron chi connectivity index (χ4n) is 2.98. The molecule has 1 unspecified atom stereocenters. The van der Waals surface area contributed by atoms with Crippen LogP contribution in [-0.2, 0) is 0 Å². The van der Waals surface area contributed by atoms with Crippen molar-refractivity contribution in [1.82, 2.24) is 5.32 Å². The molecule has 0 fully saturated rings. The number of methoxy groups -OCH3 is 2. The van der Waals surface area contributed by atoms with E-state index in [0.29, 0.717) is 33.9 Å². The summed E-state index contributed by atoms with van der Waals surface area (Å²) >= 11 is 0. The van der Waals surface area contributed by atoms with Gasteiger partial charge < -0.3 is 24.6 Å². The van der Waals surface area contributed by atoms with Crippen molar-refractivity contribution in [2.24, 2.45) is 0 Å². The Labute approximate surface area is 164 Å². The van der Waals surface area contributed by atoms with E-state index in [0.717, 1.165) is 0 Å². The minimum atomic E-state index is -0.794. The molecular weight excluding hydrogens is 358 g/mol. The van der Waals surface area contributed by atoms with Gasteiger partial charge in [0, 0.05) is 23.4 Å². The van der Waals surface area contributed by atoms with Gasteiger partial charge in [-0.05, 0) is 39.0 Å². The molecule has 3 rings (SSSR count). The summed E-state index contributed by atoms with van der Waals surface area (Å²) in [4.78, 5) is 13.2. The number of ether oxygens (including phenoxy) is 3. The quantitative estimate of drug-likeness (QED) is 0.777. The van der Waals surface area contributed by atoms with Gasteiger partial charge in [-0.25, -0.2) is 0 Å². The van der Waals surface area contributed by atoms with Crippen LogP contribution in [0.25, 0.3) is 0 Å². The Morgan fingerprint density at radius 2 is 1.75 bits per heavy atom. The van der Waals surface area contributed by atoms with Crippen LogP contribution in [0.15, 0.2) is 48.2 Å². The number of nitrogens with one attached hydrogen (secondary N) is 1. The molecule has 0 aromatic heterocycles. The molecule has 0 amide bonds. The maximum absolute atomic E-state index is 13.2. The number of hydrogen-bond donors (Lipinski definition) is 2. The van der Waals surface area contributed by atoms with Crippen LogP contribution in [0.5, 0.6) is 23.0 Å². The zero-order chi connectivity index (χ0) is 20.5. The van der Waals surface area contributed by atoms with Gasteiger partial charge in [-0.3, -0.25) is 4.79 Å². The number of carbonyl (C=O) groups is 1. The fraction of sp³-hybridized carbons (Fsp3) is 0.318. The maximum atomic E-state index is 13.2. The first-order valence-electron chi connectivity index (χ1n) is 8.98. The van der Waals surface area contributed by atoms with Crippen LogP contribution in [0.3, 0.4) is 0 Å². The number of phenols is 1. The molecule has 1 aliphatic heterocycles. The summed E-state index contributed by atoms with van der Waals surface area (Å²) in [7, 11) is 3.01. The van der Waals surface area contributed by atoms with E-state index < -0.39 is 6.10 Å². The molecule has 0 spiro atoms. The molecule has 0 bridgehead atoms. The zero-order valence-electron chi connectivity index (χ0n) is 16.7. The molecule has 28 heavy (non-hydrogen) atoms. The molecule has 6 nitrogen and oxygen atoms in total. The fourth-order valence-corrected chi connectivity index (χ4v) is 2.98.